The standard InChI is InChI=1S/C14H20Cl2N2OS/c1-17-8-10-5-6-18(9-10)13(19)4-2-3-11-7-12(15)20-14(11)16/h7,10,17H,2-6,8-9H2,1H3/t10-/m0/s1. The molecule has 0 radical (unpaired) electrons. The second-order valence-corrected chi connectivity index (χ2v) is 7.54. The van der Waals surface area contributed by atoms with E-state index >= 15 is 0 Å². The van der Waals surface area contributed by atoms with E-state index in [9.17, 15) is 4.79 Å². The highest BCUT2D eigenvalue weighted by Gasteiger charge is 2.25. The Hall–Kier alpha value is -0.290. The highest BCUT2D eigenvalue weighted by atomic mass is 35.5. The summed E-state index contributed by atoms with van der Waals surface area (Å²) in [6, 6.07) is 1.90. The molecule has 0 spiro atoms. The quantitative estimate of drug-likeness (QED) is 0.864. The molecule has 20 heavy (non-hydrogen) atoms. The van der Waals surface area contributed by atoms with E-state index in [0.717, 1.165) is 48.8 Å². The van der Waals surface area contributed by atoms with Gasteiger partial charge in [-0.1, -0.05) is 23.2 Å². The minimum Gasteiger partial charge on any atom is -0.342 e. The van der Waals surface area contributed by atoms with Crippen molar-refractivity contribution in [3.63, 3.8) is 0 Å². The third-order valence-electron chi connectivity index (χ3n) is 3.70. The first-order valence-corrected chi connectivity index (χ1v) is 8.53. The van der Waals surface area contributed by atoms with Crippen LogP contribution in [0, 0.1) is 5.92 Å². The molecule has 1 atom stereocenters. The largest absolute Gasteiger partial charge is 0.342 e. The predicted molar refractivity (Wildman–Crippen MR) is 85.9 cm³/mol. The molecular weight excluding hydrogens is 315 g/mol. The molecule has 2 heterocycles. The summed E-state index contributed by atoms with van der Waals surface area (Å²) in [7, 11) is 1.96. The van der Waals surface area contributed by atoms with Crippen LogP contribution in [-0.2, 0) is 11.2 Å². The van der Waals surface area contributed by atoms with Crippen molar-refractivity contribution >= 4 is 40.4 Å². The molecule has 1 N–H and O–H groups in total. The van der Waals surface area contributed by atoms with Crippen molar-refractivity contribution < 1.29 is 4.79 Å². The first-order chi connectivity index (χ1) is 9.60. The van der Waals surface area contributed by atoms with Gasteiger partial charge in [-0.05, 0) is 50.4 Å². The summed E-state index contributed by atoms with van der Waals surface area (Å²) < 4.78 is 1.46. The Morgan fingerprint density at radius 3 is 3.00 bits per heavy atom. The van der Waals surface area contributed by atoms with E-state index in [2.05, 4.69) is 5.32 Å². The van der Waals surface area contributed by atoms with Crippen molar-refractivity contribution in [2.75, 3.05) is 26.7 Å². The fraction of sp³-hybridized carbons (Fsp3) is 0.643. The van der Waals surface area contributed by atoms with Gasteiger partial charge in [0.25, 0.3) is 0 Å². The fourth-order valence-electron chi connectivity index (χ4n) is 2.65. The molecule has 1 aromatic rings. The second-order valence-electron chi connectivity index (χ2n) is 5.26. The highest BCUT2D eigenvalue weighted by Crippen LogP contribution is 2.32. The topological polar surface area (TPSA) is 32.3 Å². The minimum atomic E-state index is 0.265. The number of hydrogen-bond acceptors (Lipinski definition) is 3. The Labute approximate surface area is 134 Å². The monoisotopic (exact) mass is 334 g/mol. The van der Waals surface area contributed by atoms with Crippen LogP contribution in [0.2, 0.25) is 8.67 Å². The van der Waals surface area contributed by atoms with Gasteiger partial charge in [0, 0.05) is 19.5 Å². The Balaban J connectivity index is 1.72. The average Bonchev–Trinajstić information content (AvgIpc) is 2.97. The van der Waals surface area contributed by atoms with Gasteiger partial charge in [0.15, 0.2) is 0 Å². The Morgan fingerprint density at radius 2 is 2.35 bits per heavy atom. The number of amides is 1. The van der Waals surface area contributed by atoms with Gasteiger partial charge in [-0.25, -0.2) is 0 Å². The maximum atomic E-state index is 12.1. The van der Waals surface area contributed by atoms with Gasteiger partial charge in [0.2, 0.25) is 5.91 Å². The lowest BCUT2D eigenvalue weighted by Crippen LogP contribution is -2.30. The van der Waals surface area contributed by atoms with E-state index in [1.165, 1.54) is 11.3 Å². The molecule has 1 aromatic heterocycles. The van der Waals surface area contributed by atoms with Crippen LogP contribution in [0.3, 0.4) is 0 Å². The summed E-state index contributed by atoms with van der Waals surface area (Å²) in [5.74, 6) is 0.870. The Bertz CT molecular complexity index is 464. The van der Waals surface area contributed by atoms with Gasteiger partial charge in [0.05, 0.1) is 8.67 Å². The number of carbonyl (C=O) groups excluding carboxylic acids is 1. The molecule has 1 aliphatic heterocycles. The van der Waals surface area contributed by atoms with E-state index < -0.39 is 0 Å². The zero-order chi connectivity index (χ0) is 14.5. The third kappa shape index (κ3) is 4.35. The molecule has 6 heteroatoms. The number of aryl methyl sites for hydroxylation is 1. The molecule has 0 bridgehead atoms. The lowest BCUT2D eigenvalue weighted by atomic mass is 10.1. The molecule has 2 rings (SSSR count). The molecule has 1 saturated heterocycles. The smallest absolute Gasteiger partial charge is 0.222 e. The van der Waals surface area contributed by atoms with Crippen LogP contribution < -0.4 is 5.32 Å². The SMILES string of the molecule is CNC[C@@H]1CCN(C(=O)CCCc2cc(Cl)sc2Cl)C1. The first-order valence-electron chi connectivity index (χ1n) is 6.96. The molecule has 112 valence electrons. The van der Waals surface area contributed by atoms with Crippen molar-refractivity contribution in [1.82, 2.24) is 10.2 Å². The van der Waals surface area contributed by atoms with Gasteiger partial charge in [0.1, 0.15) is 0 Å². The number of rotatable bonds is 6. The summed E-state index contributed by atoms with van der Waals surface area (Å²) in [6.07, 6.45) is 3.36. The summed E-state index contributed by atoms with van der Waals surface area (Å²) in [5.41, 5.74) is 1.06. The summed E-state index contributed by atoms with van der Waals surface area (Å²) >= 11 is 13.4. The van der Waals surface area contributed by atoms with Crippen LogP contribution in [0.1, 0.15) is 24.8 Å². The number of halogens is 2. The van der Waals surface area contributed by atoms with Crippen molar-refractivity contribution in [3.05, 3.63) is 20.3 Å². The van der Waals surface area contributed by atoms with Gasteiger partial charge in [-0.3, -0.25) is 4.79 Å². The van der Waals surface area contributed by atoms with Crippen LogP contribution in [0.4, 0.5) is 0 Å². The molecule has 3 nitrogen and oxygen atoms in total. The molecule has 1 aliphatic rings. The van der Waals surface area contributed by atoms with E-state index in [0.29, 0.717) is 16.7 Å². The number of thiophene rings is 1. The maximum Gasteiger partial charge on any atom is 0.222 e. The Kier molecular flexibility index (Phi) is 6.15. The zero-order valence-electron chi connectivity index (χ0n) is 11.6. The van der Waals surface area contributed by atoms with Gasteiger partial charge in [-0.2, -0.15) is 0 Å². The van der Waals surface area contributed by atoms with Crippen LogP contribution >= 0.6 is 34.5 Å². The van der Waals surface area contributed by atoms with E-state index in [1.807, 2.05) is 18.0 Å². The van der Waals surface area contributed by atoms with E-state index in [1.54, 1.807) is 0 Å². The fourth-order valence-corrected chi connectivity index (χ4v) is 4.19. The number of likely N-dealkylation sites (tertiary alicyclic amines) is 1. The normalized spacial score (nSPS) is 18.8. The third-order valence-corrected chi connectivity index (χ3v) is 5.26. The summed E-state index contributed by atoms with van der Waals surface area (Å²) in [4.78, 5) is 14.1. The minimum absolute atomic E-state index is 0.265. The molecule has 0 aliphatic carbocycles. The highest BCUT2D eigenvalue weighted by molar-refractivity contribution is 7.20. The van der Waals surface area contributed by atoms with Crippen molar-refractivity contribution in [2.45, 2.75) is 25.7 Å². The zero-order valence-corrected chi connectivity index (χ0v) is 14.0. The van der Waals surface area contributed by atoms with Gasteiger partial charge >= 0.3 is 0 Å². The van der Waals surface area contributed by atoms with Crippen LogP contribution in [-0.4, -0.2) is 37.5 Å². The van der Waals surface area contributed by atoms with E-state index in [-0.39, 0.29) is 5.91 Å². The van der Waals surface area contributed by atoms with Crippen molar-refractivity contribution in [1.29, 1.82) is 0 Å². The molecule has 0 saturated carbocycles. The Morgan fingerprint density at radius 1 is 1.55 bits per heavy atom. The number of carbonyl (C=O) groups is 1. The first kappa shape index (κ1) is 16.1. The maximum absolute atomic E-state index is 12.1. The van der Waals surface area contributed by atoms with Gasteiger partial charge < -0.3 is 10.2 Å². The molecule has 1 amide bonds. The second kappa shape index (κ2) is 7.64. The van der Waals surface area contributed by atoms with Crippen molar-refractivity contribution in [2.24, 2.45) is 5.92 Å². The number of nitrogens with one attached hydrogen (secondary N) is 1. The lowest BCUT2D eigenvalue weighted by molar-refractivity contribution is -0.130. The molecular formula is C14H20Cl2N2OS. The van der Waals surface area contributed by atoms with E-state index in [4.69, 9.17) is 23.2 Å². The van der Waals surface area contributed by atoms with Gasteiger partial charge in [-0.15, -0.1) is 11.3 Å². The summed E-state index contributed by atoms with van der Waals surface area (Å²) in [5, 5.41) is 3.18. The predicted octanol–water partition coefficient (Wildman–Crippen LogP) is 3.45. The van der Waals surface area contributed by atoms with Crippen LogP contribution in [0.15, 0.2) is 6.07 Å². The molecule has 0 aromatic carbocycles. The number of hydrogen-bond donors (Lipinski definition) is 1. The number of nitrogens with zero attached hydrogens (tertiary/aromatic N) is 1. The van der Waals surface area contributed by atoms with Crippen LogP contribution in [0.25, 0.3) is 0 Å². The van der Waals surface area contributed by atoms with Crippen molar-refractivity contribution in [3.8, 4) is 0 Å². The molecule has 1 fully saturated rings. The lowest BCUT2D eigenvalue weighted by Gasteiger charge is -2.16. The summed E-state index contributed by atoms with van der Waals surface area (Å²) in [6.45, 7) is 2.79. The molecule has 0 unspecified atom stereocenters. The average molecular weight is 335 g/mol. The van der Waals surface area contributed by atoms with Crippen LogP contribution in [0.5, 0.6) is 0 Å².